The van der Waals surface area contributed by atoms with Gasteiger partial charge < -0.3 is 14.2 Å². The standard InChI is InChI=1S/C33H36F6O3/c1-3-40-27-13-12-26(30(36)31(27)37)23-10-8-22(9-11-23)17-25(35)19-42-29-15-14-28(32(38)33(29)39)41-18-24(34)16-21-6-4-20(2)5-7-21/h8-15,20-21,24-25H,3-7,16-19H2,1-2H3. The Kier molecular flexibility index (Phi) is 11.0. The minimum absolute atomic E-state index is 0.0356. The summed E-state index contributed by atoms with van der Waals surface area (Å²) < 4.78 is 102. The van der Waals surface area contributed by atoms with Gasteiger partial charge in [-0.25, -0.2) is 13.2 Å². The maximum absolute atomic E-state index is 14.6. The van der Waals surface area contributed by atoms with E-state index in [0.717, 1.165) is 37.8 Å². The van der Waals surface area contributed by atoms with E-state index in [0.29, 0.717) is 23.5 Å². The minimum Gasteiger partial charge on any atom is -0.491 e. The van der Waals surface area contributed by atoms with Crippen LogP contribution in [-0.4, -0.2) is 32.2 Å². The summed E-state index contributed by atoms with van der Waals surface area (Å²) in [6.07, 6.45) is 1.43. The van der Waals surface area contributed by atoms with Gasteiger partial charge in [-0.1, -0.05) is 56.9 Å². The lowest BCUT2D eigenvalue weighted by Gasteiger charge is -2.27. The van der Waals surface area contributed by atoms with Gasteiger partial charge >= 0.3 is 0 Å². The Hall–Kier alpha value is -3.36. The second-order valence-corrected chi connectivity index (χ2v) is 10.9. The highest BCUT2D eigenvalue weighted by Crippen LogP contribution is 2.33. The van der Waals surface area contributed by atoms with E-state index in [2.05, 4.69) is 6.92 Å². The zero-order chi connectivity index (χ0) is 30.2. The maximum atomic E-state index is 14.6. The number of hydrogen-bond acceptors (Lipinski definition) is 3. The van der Waals surface area contributed by atoms with Crippen LogP contribution in [-0.2, 0) is 6.42 Å². The second kappa shape index (κ2) is 14.7. The Morgan fingerprint density at radius 2 is 1.19 bits per heavy atom. The van der Waals surface area contributed by atoms with Crippen molar-refractivity contribution < 1.29 is 40.6 Å². The lowest BCUT2D eigenvalue weighted by molar-refractivity contribution is 0.144. The van der Waals surface area contributed by atoms with Crippen LogP contribution in [0.4, 0.5) is 26.3 Å². The highest BCUT2D eigenvalue weighted by molar-refractivity contribution is 5.65. The Balaban J connectivity index is 1.27. The molecule has 0 bridgehead atoms. The number of benzene rings is 3. The zero-order valence-electron chi connectivity index (χ0n) is 23.8. The van der Waals surface area contributed by atoms with Crippen LogP contribution >= 0.6 is 0 Å². The van der Waals surface area contributed by atoms with E-state index >= 15 is 0 Å². The van der Waals surface area contributed by atoms with E-state index in [1.807, 2.05) is 0 Å². The molecule has 0 radical (unpaired) electrons. The number of halogens is 6. The third-order valence-electron chi connectivity index (χ3n) is 7.64. The van der Waals surface area contributed by atoms with Gasteiger partial charge in [0.2, 0.25) is 17.5 Å². The molecule has 3 aromatic carbocycles. The smallest absolute Gasteiger partial charge is 0.204 e. The fourth-order valence-corrected chi connectivity index (χ4v) is 5.25. The average Bonchev–Trinajstić information content (AvgIpc) is 2.98. The van der Waals surface area contributed by atoms with Gasteiger partial charge in [-0.2, -0.15) is 13.2 Å². The normalized spacial score (nSPS) is 18.4. The molecule has 42 heavy (non-hydrogen) atoms. The molecule has 2 atom stereocenters. The van der Waals surface area contributed by atoms with Crippen LogP contribution in [0.25, 0.3) is 11.1 Å². The van der Waals surface area contributed by atoms with Crippen molar-refractivity contribution in [1.29, 1.82) is 0 Å². The van der Waals surface area contributed by atoms with E-state index in [9.17, 15) is 26.3 Å². The Bertz CT molecular complexity index is 1310. The lowest BCUT2D eigenvalue weighted by atomic mass is 9.81. The van der Waals surface area contributed by atoms with Gasteiger partial charge in [0, 0.05) is 12.0 Å². The summed E-state index contributed by atoms with van der Waals surface area (Å²) in [7, 11) is 0. The molecule has 3 aromatic rings. The molecule has 0 amide bonds. The molecule has 1 aliphatic carbocycles. The molecule has 0 aromatic heterocycles. The molecule has 1 fully saturated rings. The van der Waals surface area contributed by atoms with Gasteiger partial charge in [0.1, 0.15) is 25.6 Å². The van der Waals surface area contributed by atoms with Crippen molar-refractivity contribution in [3.05, 3.63) is 77.4 Å². The molecule has 1 aliphatic rings. The summed E-state index contributed by atoms with van der Waals surface area (Å²) in [5.41, 5.74) is 0.974. The predicted molar refractivity (Wildman–Crippen MR) is 150 cm³/mol. The molecular weight excluding hydrogens is 558 g/mol. The van der Waals surface area contributed by atoms with Gasteiger partial charge in [-0.15, -0.1) is 0 Å². The molecule has 0 N–H and O–H groups in total. The van der Waals surface area contributed by atoms with Crippen LogP contribution in [0, 0.1) is 35.1 Å². The molecule has 0 saturated heterocycles. The molecular formula is C33H36F6O3. The summed E-state index contributed by atoms with van der Waals surface area (Å²) in [5.74, 6) is -4.96. The van der Waals surface area contributed by atoms with Gasteiger partial charge in [0.05, 0.1) is 6.61 Å². The fraction of sp³-hybridized carbons (Fsp3) is 0.455. The quantitative estimate of drug-likeness (QED) is 0.185. The van der Waals surface area contributed by atoms with E-state index in [1.54, 1.807) is 19.1 Å². The molecule has 0 spiro atoms. The van der Waals surface area contributed by atoms with Crippen molar-refractivity contribution in [3.8, 4) is 28.4 Å². The van der Waals surface area contributed by atoms with E-state index < -0.39 is 53.7 Å². The summed E-state index contributed by atoms with van der Waals surface area (Å²) in [6.45, 7) is 3.11. The first kappa shape index (κ1) is 31.6. The van der Waals surface area contributed by atoms with E-state index in [4.69, 9.17) is 14.2 Å². The van der Waals surface area contributed by atoms with Crippen LogP contribution in [0.1, 0.15) is 51.5 Å². The van der Waals surface area contributed by atoms with Crippen LogP contribution in [0.5, 0.6) is 17.2 Å². The van der Waals surface area contributed by atoms with Gasteiger partial charge in [-0.3, -0.25) is 0 Å². The van der Waals surface area contributed by atoms with Crippen molar-refractivity contribution in [2.45, 2.75) is 64.7 Å². The predicted octanol–water partition coefficient (Wildman–Crippen LogP) is 9.20. The maximum Gasteiger partial charge on any atom is 0.204 e. The van der Waals surface area contributed by atoms with Crippen LogP contribution in [0.15, 0.2) is 48.5 Å². The molecule has 9 heteroatoms. The number of hydrogen-bond donors (Lipinski definition) is 0. The molecule has 0 heterocycles. The molecule has 0 aliphatic heterocycles. The van der Waals surface area contributed by atoms with Gasteiger partial charge in [0.25, 0.3) is 0 Å². The van der Waals surface area contributed by atoms with Crippen LogP contribution < -0.4 is 14.2 Å². The number of ether oxygens (including phenoxy) is 3. The number of rotatable bonds is 13. The summed E-state index contributed by atoms with van der Waals surface area (Å²) in [5, 5.41) is 0. The van der Waals surface area contributed by atoms with E-state index in [1.165, 1.54) is 24.3 Å². The summed E-state index contributed by atoms with van der Waals surface area (Å²) >= 11 is 0. The van der Waals surface area contributed by atoms with Crippen molar-refractivity contribution >= 4 is 0 Å². The van der Waals surface area contributed by atoms with E-state index in [-0.39, 0.29) is 36.9 Å². The van der Waals surface area contributed by atoms with Crippen molar-refractivity contribution in [3.63, 3.8) is 0 Å². The average molecular weight is 595 g/mol. The second-order valence-electron chi connectivity index (χ2n) is 10.9. The zero-order valence-corrected chi connectivity index (χ0v) is 23.8. The largest absolute Gasteiger partial charge is 0.491 e. The molecule has 4 rings (SSSR count). The Morgan fingerprint density at radius 3 is 1.79 bits per heavy atom. The third-order valence-corrected chi connectivity index (χ3v) is 7.64. The first-order valence-corrected chi connectivity index (χ1v) is 14.4. The minimum atomic E-state index is -1.57. The van der Waals surface area contributed by atoms with Crippen molar-refractivity contribution in [2.75, 3.05) is 19.8 Å². The fourth-order valence-electron chi connectivity index (χ4n) is 5.25. The summed E-state index contributed by atoms with van der Waals surface area (Å²) in [4.78, 5) is 0. The molecule has 228 valence electrons. The molecule has 1 saturated carbocycles. The Morgan fingerprint density at radius 1 is 0.667 bits per heavy atom. The highest BCUT2D eigenvalue weighted by Gasteiger charge is 2.23. The van der Waals surface area contributed by atoms with Crippen molar-refractivity contribution in [1.82, 2.24) is 0 Å². The van der Waals surface area contributed by atoms with Crippen LogP contribution in [0.2, 0.25) is 0 Å². The first-order chi connectivity index (χ1) is 20.2. The van der Waals surface area contributed by atoms with Gasteiger partial charge in [0.15, 0.2) is 23.1 Å². The summed E-state index contributed by atoms with van der Waals surface area (Å²) in [6, 6.07) is 11.2. The van der Waals surface area contributed by atoms with Crippen LogP contribution in [0.3, 0.4) is 0 Å². The van der Waals surface area contributed by atoms with Crippen molar-refractivity contribution in [2.24, 2.45) is 11.8 Å². The number of alkyl halides is 2. The molecule has 2 unspecified atom stereocenters. The highest BCUT2D eigenvalue weighted by atomic mass is 19.2. The van der Waals surface area contributed by atoms with Gasteiger partial charge in [-0.05, 0) is 60.6 Å². The topological polar surface area (TPSA) is 27.7 Å². The monoisotopic (exact) mass is 594 g/mol. The Labute approximate surface area is 242 Å². The molecule has 3 nitrogen and oxygen atoms in total. The lowest BCUT2D eigenvalue weighted by Crippen LogP contribution is -2.21. The first-order valence-electron chi connectivity index (χ1n) is 14.4. The SMILES string of the molecule is CCOc1ccc(-c2ccc(CC(F)COc3ccc(OCC(F)CC4CCC(C)CC4)c(F)c3F)cc2)c(F)c1F. The third kappa shape index (κ3) is 8.13.